The van der Waals surface area contributed by atoms with Gasteiger partial charge in [-0.25, -0.2) is 4.39 Å². The summed E-state index contributed by atoms with van der Waals surface area (Å²) in [5.74, 6) is -0.251. The number of hydrazone groups is 1. The molecule has 1 aliphatic rings. The molecule has 106 valence electrons. The minimum Gasteiger partial charge on any atom is -0.378 e. The molecule has 4 nitrogen and oxygen atoms in total. The molecule has 20 heavy (non-hydrogen) atoms. The van der Waals surface area contributed by atoms with Gasteiger partial charge in [0.1, 0.15) is 5.83 Å². The van der Waals surface area contributed by atoms with Crippen molar-refractivity contribution in [1.29, 1.82) is 0 Å². The second-order valence-corrected chi connectivity index (χ2v) is 4.74. The zero-order valence-corrected chi connectivity index (χ0v) is 11.9. The largest absolute Gasteiger partial charge is 0.378 e. The molecular formula is C15H19FN4. The molecule has 0 amide bonds. The Morgan fingerprint density at radius 2 is 1.85 bits per heavy atom. The number of hydrogen-bond donors (Lipinski definition) is 2. The average Bonchev–Trinajstić information content (AvgIpc) is 2.46. The fourth-order valence-electron chi connectivity index (χ4n) is 1.87. The van der Waals surface area contributed by atoms with Crippen LogP contribution in [0.5, 0.6) is 0 Å². The van der Waals surface area contributed by atoms with E-state index in [4.69, 9.17) is 0 Å². The standard InChI is InChI=1S/C15H19FN4/c1-17-15-10-11(16)4-9-14(15)19-18-12-5-7-13(8-6-12)20(2)3/h4-10,15,17-18H,1-3H3/b19-14-. The van der Waals surface area contributed by atoms with Gasteiger partial charge < -0.3 is 10.2 Å². The van der Waals surface area contributed by atoms with Crippen molar-refractivity contribution in [1.82, 2.24) is 5.32 Å². The second kappa shape index (κ2) is 6.34. The fourth-order valence-corrected chi connectivity index (χ4v) is 1.87. The molecule has 0 saturated carbocycles. The second-order valence-electron chi connectivity index (χ2n) is 4.74. The molecule has 1 aliphatic carbocycles. The third-order valence-corrected chi connectivity index (χ3v) is 3.07. The van der Waals surface area contributed by atoms with Gasteiger partial charge in [0.2, 0.25) is 0 Å². The quantitative estimate of drug-likeness (QED) is 0.829. The topological polar surface area (TPSA) is 39.7 Å². The van der Waals surface area contributed by atoms with E-state index in [0.29, 0.717) is 0 Å². The molecule has 1 unspecified atom stereocenters. The number of rotatable bonds is 4. The van der Waals surface area contributed by atoms with Crippen molar-refractivity contribution in [2.75, 3.05) is 31.5 Å². The number of hydrogen-bond acceptors (Lipinski definition) is 4. The molecule has 2 rings (SSSR count). The van der Waals surface area contributed by atoms with E-state index >= 15 is 0 Å². The van der Waals surface area contributed by atoms with E-state index in [2.05, 4.69) is 15.8 Å². The maximum atomic E-state index is 13.1. The lowest BCUT2D eigenvalue weighted by atomic mass is 10.1. The monoisotopic (exact) mass is 274 g/mol. The van der Waals surface area contributed by atoms with Crippen LogP contribution in [0.2, 0.25) is 0 Å². The number of nitrogens with zero attached hydrogens (tertiary/aromatic N) is 2. The molecule has 0 saturated heterocycles. The van der Waals surface area contributed by atoms with Gasteiger partial charge in [0.05, 0.1) is 17.4 Å². The highest BCUT2D eigenvalue weighted by Gasteiger charge is 2.14. The summed E-state index contributed by atoms with van der Waals surface area (Å²) in [5.41, 5.74) is 5.74. The fraction of sp³-hybridized carbons (Fsp3) is 0.267. The minimum absolute atomic E-state index is 0.214. The van der Waals surface area contributed by atoms with Crippen molar-refractivity contribution in [2.45, 2.75) is 6.04 Å². The lowest BCUT2D eigenvalue weighted by Gasteiger charge is -2.16. The van der Waals surface area contributed by atoms with Crippen molar-refractivity contribution in [3.8, 4) is 0 Å². The molecule has 0 radical (unpaired) electrons. The zero-order valence-electron chi connectivity index (χ0n) is 11.9. The maximum Gasteiger partial charge on any atom is 0.121 e. The molecule has 0 heterocycles. The van der Waals surface area contributed by atoms with Crippen molar-refractivity contribution in [3.05, 3.63) is 48.3 Å². The normalized spacial score (nSPS) is 19.9. The molecule has 1 atom stereocenters. The number of nitrogens with one attached hydrogen (secondary N) is 2. The summed E-state index contributed by atoms with van der Waals surface area (Å²) in [7, 11) is 5.76. The SMILES string of the molecule is CNC1C=C(F)C=C/C1=N/Nc1ccc(N(C)C)cc1. The molecule has 0 aliphatic heterocycles. The van der Waals surface area contributed by atoms with Gasteiger partial charge in [0.25, 0.3) is 0 Å². The van der Waals surface area contributed by atoms with Crippen LogP contribution < -0.4 is 15.6 Å². The number of anilines is 2. The number of halogens is 1. The highest BCUT2D eigenvalue weighted by molar-refractivity contribution is 6.02. The Bertz CT molecular complexity index is 543. The number of benzene rings is 1. The molecule has 5 heteroatoms. The van der Waals surface area contributed by atoms with Crippen LogP contribution in [-0.2, 0) is 0 Å². The number of likely N-dealkylation sites (N-methyl/N-ethyl adjacent to an activating group) is 1. The van der Waals surface area contributed by atoms with E-state index in [1.54, 1.807) is 13.1 Å². The Hall–Kier alpha value is -2.14. The smallest absolute Gasteiger partial charge is 0.121 e. The van der Waals surface area contributed by atoms with Gasteiger partial charge in [-0.05, 0) is 49.5 Å². The summed E-state index contributed by atoms with van der Waals surface area (Å²) in [5, 5.41) is 7.31. The molecule has 2 N–H and O–H groups in total. The molecule has 0 aromatic heterocycles. The summed E-state index contributed by atoms with van der Waals surface area (Å²) < 4.78 is 13.1. The predicted molar refractivity (Wildman–Crippen MR) is 83.0 cm³/mol. The summed E-state index contributed by atoms with van der Waals surface area (Å²) in [6.07, 6.45) is 4.57. The van der Waals surface area contributed by atoms with Gasteiger partial charge in [-0.15, -0.1) is 0 Å². The highest BCUT2D eigenvalue weighted by atomic mass is 19.1. The van der Waals surface area contributed by atoms with E-state index in [1.165, 1.54) is 12.2 Å². The van der Waals surface area contributed by atoms with E-state index in [9.17, 15) is 4.39 Å². The Kier molecular flexibility index (Phi) is 4.53. The lowest BCUT2D eigenvalue weighted by molar-refractivity contribution is 0.648. The first kappa shape index (κ1) is 14.3. The van der Waals surface area contributed by atoms with Crippen molar-refractivity contribution < 1.29 is 4.39 Å². The summed E-state index contributed by atoms with van der Waals surface area (Å²) in [6, 6.07) is 7.71. The predicted octanol–water partition coefficient (Wildman–Crippen LogP) is 2.53. The van der Waals surface area contributed by atoms with Gasteiger partial charge in [-0.1, -0.05) is 0 Å². The molecule has 1 aromatic rings. The first-order valence-corrected chi connectivity index (χ1v) is 6.44. The summed E-state index contributed by atoms with van der Waals surface area (Å²) >= 11 is 0. The van der Waals surface area contributed by atoms with Crippen LogP contribution in [-0.4, -0.2) is 32.9 Å². The third kappa shape index (κ3) is 3.45. The Labute approximate surface area is 118 Å². The van der Waals surface area contributed by atoms with Crippen LogP contribution in [0.15, 0.2) is 53.4 Å². The van der Waals surface area contributed by atoms with Crippen LogP contribution in [0.1, 0.15) is 0 Å². The van der Waals surface area contributed by atoms with Crippen molar-refractivity contribution in [3.63, 3.8) is 0 Å². The van der Waals surface area contributed by atoms with Gasteiger partial charge in [0, 0.05) is 19.8 Å². The molecule has 1 aromatic carbocycles. The van der Waals surface area contributed by atoms with Gasteiger partial charge in [0.15, 0.2) is 0 Å². The van der Waals surface area contributed by atoms with Crippen molar-refractivity contribution in [2.24, 2.45) is 5.10 Å². The Morgan fingerprint density at radius 3 is 2.45 bits per heavy atom. The van der Waals surface area contributed by atoms with Gasteiger partial charge in [-0.3, -0.25) is 5.43 Å². The van der Waals surface area contributed by atoms with Gasteiger partial charge in [-0.2, -0.15) is 5.10 Å². The van der Waals surface area contributed by atoms with Crippen LogP contribution >= 0.6 is 0 Å². The number of allylic oxidation sites excluding steroid dienone is 2. The van der Waals surface area contributed by atoms with Crippen molar-refractivity contribution >= 4 is 17.1 Å². The molecular weight excluding hydrogens is 255 g/mol. The van der Waals surface area contributed by atoms with Crippen LogP contribution in [0, 0.1) is 0 Å². The van der Waals surface area contributed by atoms with E-state index in [1.807, 2.05) is 43.3 Å². The van der Waals surface area contributed by atoms with E-state index in [0.717, 1.165) is 17.1 Å². The Balaban J connectivity index is 2.07. The molecule has 0 bridgehead atoms. The van der Waals surface area contributed by atoms with Crippen LogP contribution in [0.25, 0.3) is 0 Å². The van der Waals surface area contributed by atoms with Crippen LogP contribution in [0.3, 0.4) is 0 Å². The van der Waals surface area contributed by atoms with E-state index < -0.39 is 0 Å². The molecule has 0 fully saturated rings. The van der Waals surface area contributed by atoms with Gasteiger partial charge >= 0.3 is 0 Å². The zero-order chi connectivity index (χ0) is 14.5. The summed E-state index contributed by atoms with van der Waals surface area (Å²) in [4.78, 5) is 2.03. The lowest BCUT2D eigenvalue weighted by Crippen LogP contribution is -2.33. The Morgan fingerprint density at radius 1 is 1.15 bits per heavy atom. The third-order valence-electron chi connectivity index (χ3n) is 3.07. The minimum atomic E-state index is -0.251. The van der Waals surface area contributed by atoms with Crippen LogP contribution in [0.4, 0.5) is 15.8 Å². The maximum absolute atomic E-state index is 13.1. The average molecular weight is 274 g/mol. The first-order chi connectivity index (χ1) is 9.60. The molecule has 0 spiro atoms. The first-order valence-electron chi connectivity index (χ1n) is 6.44. The highest BCUT2D eigenvalue weighted by Crippen LogP contribution is 2.16. The summed E-state index contributed by atoms with van der Waals surface area (Å²) in [6.45, 7) is 0. The van der Waals surface area contributed by atoms with E-state index in [-0.39, 0.29) is 11.9 Å².